The molecule has 2 rings (SSSR count). The van der Waals surface area contributed by atoms with Crippen LogP contribution in [0, 0.1) is 17.8 Å². The Bertz CT molecular complexity index is 267. The van der Waals surface area contributed by atoms with Gasteiger partial charge >= 0.3 is 5.97 Å². The normalized spacial score (nSPS) is 37.4. The molecule has 2 aliphatic rings. The number of methoxy groups -OCH3 is 1. The van der Waals surface area contributed by atoms with Crippen molar-refractivity contribution in [1.82, 2.24) is 0 Å². The summed E-state index contributed by atoms with van der Waals surface area (Å²) >= 11 is 0. The fourth-order valence-corrected chi connectivity index (χ4v) is 2.04. The van der Waals surface area contributed by atoms with E-state index in [0.29, 0.717) is 0 Å². The predicted molar refractivity (Wildman–Crippen MR) is 41.3 cm³/mol. The molecule has 12 heavy (non-hydrogen) atoms. The molecule has 3 heteroatoms. The summed E-state index contributed by atoms with van der Waals surface area (Å²) < 4.78 is 4.56. The molecule has 0 aliphatic heterocycles. The summed E-state index contributed by atoms with van der Waals surface area (Å²) in [6.07, 6.45) is 4.65. The summed E-state index contributed by atoms with van der Waals surface area (Å²) in [5, 5.41) is 0. The Kier molecular flexibility index (Phi) is 1.53. The molecular formula is C9H10O3. The lowest BCUT2D eigenvalue weighted by molar-refractivity contribution is -0.149. The van der Waals surface area contributed by atoms with E-state index in [1.165, 1.54) is 7.11 Å². The van der Waals surface area contributed by atoms with Gasteiger partial charge in [0, 0.05) is 5.92 Å². The molecule has 0 saturated heterocycles. The lowest BCUT2D eigenvalue weighted by atomic mass is 9.93. The molecule has 0 N–H and O–H groups in total. The minimum atomic E-state index is -0.509. The number of hydrogen-bond acceptors (Lipinski definition) is 3. The van der Waals surface area contributed by atoms with E-state index in [-0.39, 0.29) is 23.6 Å². The minimum absolute atomic E-state index is 0.0147. The minimum Gasteiger partial charge on any atom is -0.468 e. The zero-order valence-corrected chi connectivity index (χ0v) is 6.82. The summed E-state index contributed by atoms with van der Waals surface area (Å²) in [7, 11) is 1.32. The average molecular weight is 166 g/mol. The largest absolute Gasteiger partial charge is 0.468 e. The molecule has 64 valence electrons. The summed E-state index contributed by atoms with van der Waals surface area (Å²) in [5.41, 5.74) is 0. The molecule has 0 spiro atoms. The van der Waals surface area contributed by atoms with E-state index >= 15 is 0 Å². The standard InChI is InChI=1S/C9H10O3/c1-12-9(11)7-5-2-3-6(4-5)8(7)10/h2-3,5-7H,4H2,1H3/t5-,6-,7+/m0/s1. The van der Waals surface area contributed by atoms with E-state index in [0.717, 1.165) is 6.42 Å². The molecule has 3 nitrogen and oxygen atoms in total. The Morgan fingerprint density at radius 3 is 2.83 bits per heavy atom. The Morgan fingerprint density at radius 1 is 1.58 bits per heavy atom. The Labute approximate surface area is 70.4 Å². The molecule has 2 bridgehead atoms. The van der Waals surface area contributed by atoms with Crippen LogP contribution in [-0.2, 0) is 14.3 Å². The van der Waals surface area contributed by atoms with E-state index < -0.39 is 5.92 Å². The van der Waals surface area contributed by atoms with Crippen molar-refractivity contribution in [2.24, 2.45) is 17.8 Å². The maximum Gasteiger partial charge on any atom is 0.316 e. The third kappa shape index (κ3) is 0.823. The first kappa shape index (κ1) is 7.53. The highest BCUT2D eigenvalue weighted by molar-refractivity contribution is 6.04. The fourth-order valence-electron chi connectivity index (χ4n) is 2.04. The number of fused-ring (bicyclic) bond motifs is 2. The molecule has 0 aromatic rings. The van der Waals surface area contributed by atoms with E-state index in [1.54, 1.807) is 0 Å². The third-order valence-electron chi connectivity index (χ3n) is 2.67. The lowest BCUT2D eigenvalue weighted by Gasteiger charge is -2.13. The first-order valence-electron chi connectivity index (χ1n) is 4.04. The van der Waals surface area contributed by atoms with Crippen LogP contribution in [0.15, 0.2) is 12.2 Å². The molecule has 1 fully saturated rings. The number of esters is 1. The molecule has 0 amide bonds. The highest BCUT2D eigenvalue weighted by atomic mass is 16.5. The first-order chi connectivity index (χ1) is 5.74. The van der Waals surface area contributed by atoms with Crippen molar-refractivity contribution in [2.45, 2.75) is 6.42 Å². The number of hydrogen-bond donors (Lipinski definition) is 0. The molecule has 0 unspecified atom stereocenters. The van der Waals surface area contributed by atoms with E-state index in [2.05, 4.69) is 4.74 Å². The van der Waals surface area contributed by atoms with Gasteiger partial charge in [-0.05, 0) is 12.3 Å². The topological polar surface area (TPSA) is 43.4 Å². The van der Waals surface area contributed by atoms with Gasteiger partial charge in [-0.25, -0.2) is 0 Å². The zero-order valence-electron chi connectivity index (χ0n) is 6.82. The Balaban J connectivity index is 2.23. The number of carbonyl (C=O) groups excluding carboxylic acids is 2. The number of ether oxygens (including phenoxy) is 1. The molecule has 0 aromatic carbocycles. The van der Waals surface area contributed by atoms with Crippen molar-refractivity contribution in [2.75, 3.05) is 7.11 Å². The van der Waals surface area contributed by atoms with Crippen molar-refractivity contribution in [3.8, 4) is 0 Å². The van der Waals surface area contributed by atoms with Crippen LogP contribution in [0.3, 0.4) is 0 Å². The molecular weight excluding hydrogens is 156 g/mol. The number of Topliss-reactive ketones (excluding diaryl/α,β-unsaturated/α-hetero) is 1. The van der Waals surface area contributed by atoms with Crippen LogP contribution < -0.4 is 0 Å². The molecule has 0 heterocycles. The van der Waals surface area contributed by atoms with Crippen LogP contribution in [0.2, 0.25) is 0 Å². The molecule has 2 aliphatic carbocycles. The van der Waals surface area contributed by atoms with Gasteiger partial charge in [0.1, 0.15) is 5.92 Å². The van der Waals surface area contributed by atoms with Gasteiger partial charge in [0.15, 0.2) is 5.78 Å². The molecule has 0 aromatic heterocycles. The van der Waals surface area contributed by atoms with Gasteiger partial charge in [-0.2, -0.15) is 0 Å². The first-order valence-corrected chi connectivity index (χ1v) is 4.04. The summed E-state index contributed by atoms with van der Waals surface area (Å²) in [6, 6.07) is 0. The van der Waals surface area contributed by atoms with Gasteiger partial charge in [-0.3, -0.25) is 9.59 Å². The van der Waals surface area contributed by atoms with Crippen LogP contribution in [-0.4, -0.2) is 18.9 Å². The SMILES string of the molecule is COC(=O)[C@H]1C(=O)[C@H]2C=C[C@H]1C2. The van der Waals surface area contributed by atoms with Gasteiger partial charge in [-0.15, -0.1) is 0 Å². The van der Waals surface area contributed by atoms with Gasteiger partial charge in [-0.1, -0.05) is 12.2 Å². The van der Waals surface area contributed by atoms with E-state index in [9.17, 15) is 9.59 Å². The number of ketones is 1. The van der Waals surface area contributed by atoms with Crippen LogP contribution in [0.4, 0.5) is 0 Å². The Morgan fingerprint density at radius 2 is 2.33 bits per heavy atom. The molecule has 3 atom stereocenters. The van der Waals surface area contributed by atoms with Gasteiger partial charge in [0.25, 0.3) is 0 Å². The van der Waals surface area contributed by atoms with Gasteiger partial charge in [0.2, 0.25) is 0 Å². The summed E-state index contributed by atoms with van der Waals surface area (Å²) in [4.78, 5) is 22.6. The Hall–Kier alpha value is -1.12. The number of allylic oxidation sites excluding steroid dienone is 2. The average Bonchev–Trinajstić information content (AvgIpc) is 2.63. The molecule has 1 saturated carbocycles. The number of carbonyl (C=O) groups is 2. The smallest absolute Gasteiger partial charge is 0.316 e. The monoisotopic (exact) mass is 166 g/mol. The second-order valence-corrected chi connectivity index (χ2v) is 3.29. The fraction of sp³-hybridized carbons (Fsp3) is 0.556. The van der Waals surface area contributed by atoms with E-state index in [1.807, 2.05) is 12.2 Å². The van der Waals surface area contributed by atoms with Crippen LogP contribution in [0.25, 0.3) is 0 Å². The van der Waals surface area contributed by atoms with Crippen LogP contribution >= 0.6 is 0 Å². The van der Waals surface area contributed by atoms with Crippen molar-refractivity contribution < 1.29 is 14.3 Å². The third-order valence-corrected chi connectivity index (χ3v) is 2.67. The highest BCUT2D eigenvalue weighted by Crippen LogP contribution is 2.41. The van der Waals surface area contributed by atoms with Crippen molar-refractivity contribution in [1.29, 1.82) is 0 Å². The second-order valence-electron chi connectivity index (χ2n) is 3.29. The van der Waals surface area contributed by atoms with Crippen molar-refractivity contribution >= 4 is 11.8 Å². The maximum absolute atomic E-state index is 11.4. The summed E-state index contributed by atoms with van der Waals surface area (Å²) in [6.45, 7) is 0. The zero-order chi connectivity index (χ0) is 8.72. The van der Waals surface area contributed by atoms with Crippen LogP contribution in [0.5, 0.6) is 0 Å². The van der Waals surface area contributed by atoms with Crippen molar-refractivity contribution in [3.63, 3.8) is 0 Å². The van der Waals surface area contributed by atoms with Gasteiger partial charge < -0.3 is 4.74 Å². The lowest BCUT2D eigenvalue weighted by Crippen LogP contribution is -2.28. The highest BCUT2D eigenvalue weighted by Gasteiger charge is 2.47. The van der Waals surface area contributed by atoms with Crippen LogP contribution in [0.1, 0.15) is 6.42 Å². The molecule has 0 radical (unpaired) electrons. The summed E-state index contributed by atoms with van der Waals surface area (Å²) in [5.74, 6) is -0.759. The quantitative estimate of drug-likeness (QED) is 0.324. The van der Waals surface area contributed by atoms with Gasteiger partial charge in [0.05, 0.1) is 7.11 Å². The van der Waals surface area contributed by atoms with E-state index in [4.69, 9.17) is 0 Å². The predicted octanol–water partition coefficient (Wildman–Crippen LogP) is 0.551. The number of rotatable bonds is 1. The second kappa shape index (κ2) is 2.44. The maximum atomic E-state index is 11.4. The van der Waals surface area contributed by atoms with Crippen molar-refractivity contribution in [3.05, 3.63) is 12.2 Å².